The van der Waals surface area contributed by atoms with Crippen LogP contribution in [-0.2, 0) is 5.60 Å². The molecule has 0 spiro atoms. The van der Waals surface area contributed by atoms with Gasteiger partial charge in [0.2, 0.25) is 0 Å². The van der Waals surface area contributed by atoms with E-state index in [1.54, 1.807) is 26.0 Å². The van der Waals surface area contributed by atoms with Crippen molar-refractivity contribution in [2.75, 3.05) is 0 Å². The molecular weight excluding hydrogens is 219 g/mol. The lowest BCUT2D eigenvalue weighted by molar-refractivity contribution is 0.0965. The molecule has 0 aliphatic carbocycles. The molecule has 1 aromatic carbocycles. The largest absolute Gasteiger partial charge is 0.379 e. The molecular formula is C13H13FN2O. The third kappa shape index (κ3) is 2.17. The van der Waals surface area contributed by atoms with E-state index in [4.69, 9.17) is 0 Å². The van der Waals surface area contributed by atoms with E-state index >= 15 is 0 Å². The zero-order valence-corrected chi connectivity index (χ0v) is 9.68. The molecule has 0 amide bonds. The molecule has 88 valence electrons. The maximum absolute atomic E-state index is 13.5. The van der Waals surface area contributed by atoms with Crippen LogP contribution in [0.15, 0.2) is 36.8 Å². The molecule has 0 radical (unpaired) electrons. The smallest absolute Gasteiger partial charge is 0.130 e. The van der Waals surface area contributed by atoms with E-state index < -0.39 is 5.60 Å². The van der Waals surface area contributed by atoms with Crippen LogP contribution in [0.1, 0.15) is 23.7 Å². The van der Waals surface area contributed by atoms with Crippen LogP contribution in [-0.4, -0.2) is 15.1 Å². The second-order valence-corrected chi connectivity index (χ2v) is 4.13. The molecule has 2 aromatic rings. The number of rotatable bonds is 2. The number of aryl methyl sites for hydroxylation is 1. The van der Waals surface area contributed by atoms with E-state index in [0.29, 0.717) is 16.8 Å². The van der Waals surface area contributed by atoms with Crippen LogP contribution in [0.3, 0.4) is 0 Å². The number of aromatic nitrogens is 2. The molecule has 1 heterocycles. The van der Waals surface area contributed by atoms with Crippen LogP contribution in [0.25, 0.3) is 0 Å². The van der Waals surface area contributed by atoms with Gasteiger partial charge in [0, 0.05) is 12.4 Å². The van der Waals surface area contributed by atoms with Crippen molar-refractivity contribution in [3.63, 3.8) is 0 Å². The predicted octanol–water partition coefficient (Wildman–Crippen LogP) is 2.18. The molecule has 0 aliphatic rings. The number of nitrogens with zero attached hydrogens (tertiary/aromatic N) is 2. The Hall–Kier alpha value is -1.81. The van der Waals surface area contributed by atoms with Gasteiger partial charge in [0.1, 0.15) is 11.4 Å². The molecule has 0 bridgehead atoms. The summed E-state index contributed by atoms with van der Waals surface area (Å²) in [6.45, 7) is 3.25. The maximum atomic E-state index is 13.5. The van der Waals surface area contributed by atoms with E-state index in [1.165, 1.54) is 24.7 Å². The molecule has 17 heavy (non-hydrogen) atoms. The third-order valence-corrected chi connectivity index (χ3v) is 2.80. The highest BCUT2D eigenvalue weighted by atomic mass is 19.1. The molecule has 1 atom stereocenters. The summed E-state index contributed by atoms with van der Waals surface area (Å²) < 4.78 is 13.5. The Morgan fingerprint density at radius 1 is 1.29 bits per heavy atom. The number of hydrogen-bond acceptors (Lipinski definition) is 3. The van der Waals surface area contributed by atoms with Crippen molar-refractivity contribution >= 4 is 0 Å². The second-order valence-electron chi connectivity index (χ2n) is 4.13. The van der Waals surface area contributed by atoms with Crippen molar-refractivity contribution in [3.8, 4) is 0 Å². The molecule has 4 heteroatoms. The standard InChI is InChI=1S/C13H13FN2O/c1-9-3-4-10(7-11(9)14)13(2,17)12-8-15-5-6-16-12/h3-8,17H,1-2H3. The van der Waals surface area contributed by atoms with Crippen molar-refractivity contribution in [1.29, 1.82) is 0 Å². The second kappa shape index (κ2) is 4.22. The van der Waals surface area contributed by atoms with Gasteiger partial charge in [-0.2, -0.15) is 0 Å². The monoisotopic (exact) mass is 232 g/mol. The quantitative estimate of drug-likeness (QED) is 0.863. The van der Waals surface area contributed by atoms with Crippen LogP contribution in [0.2, 0.25) is 0 Å². The maximum Gasteiger partial charge on any atom is 0.130 e. The third-order valence-electron chi connectivity index (χ3n) is 2.80. The zero-order valence-electron chi connectivity index (χ0n) is 9.68. The number of halogens is 1. The fraction of sp³-hybridized carbons (Fsp3) is 0.231. The number of aliphatic hydroxyl groups is 1. The molecule has 1 N–H and O–H groups in total. The van der Waals surface area contributed by atoms with E-state index in [-0.39, 0.29) is 5.82 Å². The summed E-state index contributed by atoms with van der Waals surface area (Å²) in [5.74, 6) is -0.341. The molecule has 3 nitrogen and oxygen atoms in total. The lowest BCUT2D eigenvalue weighted by Gasteiger charge is -2.23. The average molecular weight is 232 g/mol. The number of hydrogen-bond donors (Lipinski definition) is 1. The van der Waals surface area contributed by atoms with Gasteiger partial charge in [-0.05, 0) is 31.0 Å². The van der Waals surface area contributed by atoms with E-state index in [2.05, 4.69) is 9.97 Å². The molecule has 2 rings (SSSR count). The van der Waals surface area contributed by atoms with Gasteiger partial charge in [-0.1, -0.05) is 12.1 Å². The van der Waals surface area contributed by atoms with Crippen molar-refractivity contribution in [2.24, 2.45) is 0 Å². The fourth-order valence-corrected chi connectivity index (χ4v) is 1.59. The summed E-state index contributed by atoms with van der Waals surface area (Å²) in [5.41, 5.74) is 0.0519. The van der Waals surface area contributed by atoms with Crippen LogP contribution in [0, 0.1) is 12.7 Å². The molecule has 0 aliphatic heterocycles. The first-order chi connectivity index (χ1) is 8.01. The van der Waals surface area contributed by atoms with E-state index in [1.807, 2.05) is 0 Å². The molecule has 0 fully saturated rings. The Bertz CT molecular complexity index is 526. The molecule has 0 saturated carbocycles. The first-order valence-corrected chi connectivity index (χ1v) is 5.27. The molecule has 0 saturated heterocycles. The number of benzene rings is 1. The first kappa shape index (κ1) is 11.7. The SMILES string of the molecule is Cc1ccc(C(C)(O)c2cnccn2)cc1F. The molecule has 1 unspecified atom stereocenters. The van der Waals surface area contributed by atoms with Gasteiger partial charge in [-0.3, -0.25) is 9.97 Å². The van der Waals surface area contributed by atoms with Gasteiger partial charge in [-0.15, -0.1) is 0 Å². The van der Waals surface area contributed by atoms with E-state index in [0.717, 1.165) is 0 Å². The summed E-state index contributed by atoms with van der Waals surface area (Å²) in [7, 11) is 0. The first-order valence-electron chi connectivity index (χ1n) is 5.27. The van der Waals surface area contributed by atoms with Gasteiger partial charge in [-0.25, -0.2) is 4.39 Å². The Balaban J connectivity index is 2.48. The van der Waals surface area contributed by atoms with Crippen LogP contribution in [0.4, 0.5) is 4.39 Å². The summed E-state index contributed by atoms with van der Waals surface area (Å²) in [6.07, 6.45) is 4.49. The van der Waals surface area contributed by atoms with Gasteiger partial charge in [0.15, 0.2) is 0 Å². The van der Waals surface area contributed by atoms with Crippen LogP contribution < -0.4 is 0 Å². The Labute approximate surface area is 99.0 Å². The minimum Gasteiger partial charge on any atom is -0.379 e. The Kier molecular flexibility index (Phi) is 2.90. The topological polar surface area (TPSA) is 46.0 Å². The lowest BCUT2D eigenvalue weighted by Crippen LogP contribution is -2.24. The van der Waals surface area contributed by atoms with Gasteiger partial charge in [0.25, 0.3) is 0 Å². The van der Waals surface area contributed by atoms with Crippen molar-refractivity contribution in [2.45, 2.75) is 19.4 Å². The van der Waals surface area contributed by atoms with Crippen LogP contribution in [0.5, 0.6) is 0 Å². The minimum atomic E-state index is -1.34. The predicted molar refractivity (Wildman–Crippen MR) is 61.8 cm³/mol. The Morgan fingerprint density at radius 3 is 2.65 bits per heavy atom. The highest BCUT2D eigenvalue weighted by Crippen LogP contribution is 2.27. The highest BCUT2D eigenvalue weighted by molar-refractivity contribution is 5.33. The summed E-state index contributed by atoms with van der Waals surface area (Å²) >= 11 is 0. The average Bonchev–Trinajstić information content (AvgIpc) is 2.33. The summed E-state index contributed by atoms with van der Waals surface area (Å²) in [4.78, 5) is 7.94. The van der Waals surface area contributed by atoms with Gasteiger partial charge in [0.05, 0.1) is 11.9 Å². The Morgan fingerprint density at radius 2 is 2.06 bits per heavy atom. The van der Waals surface area contributed by atoms with Crippen molar-refractivity contribution in [1.82, 2.24) is 9.97 Å². The zero-order chi connectivity index (χ0) is 12.5. The van der Waals surface area contributed by atoms with Crippen LogP contribution >= 0.6 is 0 Å². The van der Waals surface area contributed by atoms with E-state index in [9.17, 15) is 9.50 Å². The minimum absolute atomic E-state index is 0.341. The summed E-state index contributed by atoms with van der Waals surface area (Å²) in [6, 6.07) is 4.65. The van der Waals surface area contributed by atoms with Gasteiger partial charge >= 0.3 is 0 Å². The normalized spacial score (nSPS) is 14.4. The molecule has 1 aromatic heterocycles. The van der Waals surface area contributed by atoms with Crippen molar-refractivity contribution in [3.05, 3.63) is 59.4 Å². The summed E-state index contributed by atoms with van der Waals surface area (Å²) in [5, 5.41) is 10.4. The van der Waals surface area contributed by atoms with Crippen molar-refractivity contribution < 1.29 is 9.50 Å². The highest BCUT2D eigenvalue weighted by Gasteiger charge is 2.27. The fourth-order valence-electron chi connectivity index (χ4n) is 1.59. The van der Waals surface area contributed by atoms with Gasteiger partial charge < -0.3 is 5.11 Å². The lowest BCUT2D eigenvalue weighted by atomic mass is 9.92.